The molecule has 0 radical (unpaired) electrons. The maximum atomic E-state index is 12.5. The van der Waals surface area contributed by atoms with E-state index in [0.717, 1.165) is 20.5 Å². The second kappa shape index (κ2) is 5.58. The summed E-state index contributed by atoms with van der Waals surface area (Å²) < 4.78 is 26.3. The van der Waals surface area contributed by atoms with E-state index >= 15 is 0 Å². The van der Waals surface area contributed by atoms with Crippen molar-refractivity contribution in [3.63, 3.8) is 0 Å². The van der Waals surface area contributed by atoms with Crippen LogP contribution < -0.4 is 5.32 Å². The molecule has 0 bridgehead atoms. The van der Waals surface area contributed by atoms with Gasteiger partial charge in [-0.05, 0) is 28.9 Å². The number of thiazole rings is 1. The van der Waals surface area contributed by atoms with Crippen LogP contribution in [0.1, 0.15) is 9.75 Å². The number of carbonyl (C=O) groups excluding carboxylic acids is 1. The number of nitrogens with one attached hydrogen (secondary N) is 1. The van der Waals surface area contributed by atoms with Crippen LogP contribution in [0, 0.1) is 6.92 Å². The van der Waals surface area contributed by atoms with Crippen LogP contribution in [-0.4, -0.2) is 35.8 Å². The Balaban J connectivity index is 2.08. The lowest BCUT2D eigenvalue weighted by molar-refractivity contribution is -0.113. The summed E-state index contributed by atoms with van der Waals surface area (Å²) in [5.41, 5.74) is -0.334. The number of aryl methyl sites for hydroxylation is 1. The Labute approximate surface area is 148 Å². The van der Waals surface area contributed by atoms with Crippen molar-refractivity contribution in [2.45, 2.75) is 11.8 Å². The first-order chi connectivity index (χ1) is 10.7. The molecule has 3 rings (SSSR count). The molecule has 0 fully saturated rings. The minimum absolute atomic E-state index is 0.0315. The van der Waals surface area contributed by atoms with E-state index in [9.17, 15) is 18.3 Å². The third-order valence-electron chi connectivity index (χ3n) is 3.12. The molecule has 2 N–H and O–H groups in total. The minimum atomic E-state index is -3.90. The normalized spacial score (nSPS) is 16.4. The number of amides is 1. The molecule has 0 aliphatic carbocycles. The molecule has 23 heavy (non-hydrogen) atoms. The van der Waals surface area contributed by atoms with Crippen molar-refractivity contribution in [3.05, 3.63) is 31.5 Å². The number of carbonyl (C=O) groups is 1. The quantitative estimate of drug-likeness (QED) is 0.754. The van der Waals surface area contributed by atoms with E-state index in [1.165, 1.54) is 24.5 Å². The van der Waals surface area contributed by atoms with Gasteiger partial charge in [0.15, 0.2) is 16.6 Å². The number of rotatable bonds is 2. The molecule has 2 aromatic heterocycles. The van der Waals surface area contributed by atoms with Gasteiger partial charge < -0.3 is 5.11 Å². The minimum Gasteiger partial charge on any atom is -0.504 e. The molecular formula is C12H10BrN3O4S3. The number of thiophene rings is 1. The molecule has 122 valence electrons. The predicted octanol–water partition coefficient (Wildman–Crippen LogP) is 2.77. The van der Waals surface area contributed by atoms with Gasteiger partial charge in [-0.15, -0.1) is 22.7 Å². The van der Waals surface area contributed by atoms with Crippen LogP contribution in [0.4, 0.5) is 5.13 Å². The number of halogens is 1. The van der Waals surface area contributed by atoms with Gasteiger partial charge in [0.25, 0.3) is 15.9 Å². The summed E-state index contributed by atoms with van der Waals surface area (Å²) in [7, 11) is -2.67. The van der Waals surface area contributed by atoms with Crippen LogP contribution in [0.25, 0.3) is 5.76 Å². The molecule has 1 aliphatic rings. The highest BCUT2D eigenvalue weighted by atomic mass is 79.9. The third kappa shape index (κ3) is 2.67. The Hall–Kier alpha value is -1.43. The maximum Gasteiger partial charge on any atom is 0.278 e. The SMILES string of the molecule is Cc1cnc(NC(=O)C2=C(O)c3sc(Br)cc3S(=O)(=O)N2C)s1. The van der Waals surface area contributed by atoms with Crippen LogP contribution in [0.15, 0.2) is 26.6 Å². The van der Waals surface area contributed by atoms with Gasteiger partial charge in [-0.2, -0.15) is 0 Å². The summed E-state index contributed by atoms with van der Waals surface area (Å²) in [5, 5.41) is 13.2. The van der Waals surface area contributed by atoms with E-state index in [-0.39, 0.29) is 21.2 Å². The van der Waals surface area contributed by atoms with Gasteiger partial charge in [-0.3, -0.25) is 14.4 Å². The van der Waals surface area contributed by atoms with Crippen LogP contribution in [0.2, 0.25) is 0 Å². The average Bonchev–Trinajstić information content (AvgIpc) is 3.04. The van der Waals surface area contributed by atoms with Crippen molar-refractivity contribution in [1.82, 2.24) is 9.29 Å². The second-order valence-corrected chi connectivity index (χ2v) is 10.2. The molecule has 0 saturated carbocycles. The van der Waals surface area contributed by atoms with Crippen molar-refractivity contribution in [1.29, 1.82) is 0 Å². The van der Waals surface area contributed by atoms with Gasteiger partial charge in [0.2, 0.25) is 0 Å². The molecule has 11 heteroatoms. The van der Waals surface area contributed by atoms with Crippen LogP contribution in [-0.2, 0) is 14.8 Å². The molecule has 2 aromatic rings. The lowest BCUT2D eigenvalue weighted by atomic mass is 10.3. The molecule has 1 amide bonds. The highest BCUT2D eigenvalue weighted by Gasteiger charge is 2.39. The van der Waals surface area contributed by atoms with Crippen molar-refractivity contribution in [2.24, 2.45) is 0 Å². The summed E-state index contributed by atoms with van der Waals surface area (Å²) in [6.45, 7) is 1.83. The van der Waals surface area contributed by atoms with Crippen LogP contribution in [0.5, 0.6) is 0 Å². The number of hydrogen-bond donors (Lipinski definition) is 2. The molecule has 0 atom stereocenters. The van der Waals surface area contributed by atoms with Gasteiger partial charge >= 0.3 is 0 Å². The molecule has 1 aliphatic heterocycles. The number of sulfonamides is 1. The van der Waals surface area contributed by atoms with Crippen molar-refractivity contribution in [3.8, 4) is 0 Å². The summed E-state index contributed by atoms with van der Waals surface area (Å²) in [6, 6.07) is 1.40. The zero-order chi connectivity index (χ0) is 16.9. The summed E-state index contributed by atoms with van der Waals surface area (Å²) in [6.07, 6.45) is 1.59. The first kappa shape index (κ1) is 16.4. The van der Waals surface area contributed by atoms with E-state index in [2.05, 4.69) is 26.2 Å². The standard InChI is InChI=1S/C12H10BrN3O4S3/c1-5-4-14-12(21-5)15-11(18)8-9(17)10-6(3-7(13)22-10)23(19,20)16(8)2/h3-4,17H,1-2H3,(H,14,15,18). The predicted molar refractivity (Wildman–Crippen MR) is 92.0 cm³/mol. The number of hydrogen-bond acceptors (Lipinski definition) is 7. The van der Waals surface area contributed by atoms with Crippen LogP contribution in [0.3, 0.4) is 0 Å². The molecule has 0 saturated heterocycles. The number of likely N-dealkylation sites (N-methyl/N-ethyl adjacent to an activating group) is 1. The van der Waals surface area contributed by atoms with Gasteiger partial charge in [0, 0.05) is 18.1 Å². The second-order valence-electron chi connectivity index (χ2n) is 4.64. The fraction of sp³-hybridized carbons (Fsp3) is 0.167. The number of aliphatic hydroxyl groups excluding tert-OH is 1. The molecule has 0 spiro atoms. The lowest BCUT2D eigenvalue weighted by Gasteiger charge is -2.26. The Morgan fingerprint density at radius 2 is 2.13 bits per heavy atom. The van der Waals surface area contributed by atoms with E-state index in [4.69, 9.17) is 0 Å². The smallest absolute Gasteiger partial charge is 0.278 e. The first-order valence-corrected chi connectivity index (χ1v) is 10.0. The topological polar surface area (TPSA) is 99.6 Å². The van der Waals surface area contributed by atoms with Crippen molar-refractivity contribution in [2.75, 3.05) is 12.4 Å². The highest BCUT2D eigenvalue weighted by molar-refractivity contribution is 9.11. The molecular weight excluding hydrogens is 426 g/mol. The van der Waals surface area contributed by atoms with Crippen molar-refractivity contribution >= 4 is 65.4 Å². The van der Waals surface area contributed by atoms with Crippen molar-refractivity contribution < 1.29 is 18.3 Å². The molecule has 3 heterocycles. The van der Waals surface area contributed by atoms with Gasteiger partial charge in [-0.1, -0.05) is 0 Å². The number of aromatic nitrogens is 1. The van der Waals surface area contributed by atoms with Crippen LogP contribution >= 0.6 is 38.6 Å². The number of anilines is 1. The summed E-state index contributed by atoms with van der Waals surface area (Å²) >= 11 is 5.49. The molecule has 7 nitrogen and oxygen atoms in total. The number of aliphatic hydroxyl groups is 1. The van der Waals surface area contributed by atoms with Gasteiger partial charge in [-0.25, -0.2) is 13.4 Å². The Kier molecular flexibility index (Phi) is 3.99. The first-order valence-electron chi connectivity index (χ1n) is 6.17. The Bertz CT molecular complexity index is 945. The number of nitrogens with zero attached hydrogens (tertiary/aromatic N) is 2. The largest absolute Gasteiger partial charge is 0.504 e. The Morgan fingerprint density at radius 3 is 2.74 bits per heavy atom. The lowest BCUT2D eigenvalue weighted by Crippen LogP contribution is -2.36. The van der Waals surface area contributed by atoms with E-state index < -0.39 is 15.9 Å². The summed E-state index contributed by atoms with van der Waals surface area (Å²) in [4.78, 5) is 17.4. The van der Waals surface area contributed by atoms with Gasteiger partial charge in [0.1, 0.15) is 4.90 Å². The molecule has 0 aromatic carbocycles. The molecule has 0 unspecified atom stereocenters. The van der Waals surface area contributed by atoms with E-state index in [1.54, 1.807) is 6.20 Å². The van der Waals surface area contributed by atoms with E-state index in [1.807, 2.05) is 6.92 Å². The van der Waals surface area contributed by atoms with Gasteiger partial charge in [0.05, 0.1) is 8.66 Å². The number of fused-ring (bicyclic) bond motifs is 1. The maximum absolute atomic E-state index is 12.5. The zero-order valence-corrected chi connectivity index (χ0v) is 15.9. The third-order valence-corrected chi connectivity index (χ3v) is 7.50. The zero-order valence-electron chi connectivity index (χ0n) is 11.8. The monoisotopic (exact) mass is 435 g/mol. The fourth-order valence-electron chi connectivity index (χ4n) is 2.05. The highest BCUT2D eigenvalue weighted by Crippen LogP contribution is 2.41. The Morgan fingerprint density at radius 1 is 1.43 bits per heavy atom. The summed E-state index contributed by atoms with van der Waals surface area (Å²) in [5.74, 6) is -1.11. The van der Waals surface area contributed by atoms with E-state index in [0.29, 0.717) is 8.92 Å². The fourth-order valence-corrected chi connectivity index (χ4v) is 6.11. The average molecular weight is 436 g/mol.